The number of aliphatic hydroxyl groups excluding tert-OH is 1. The van der Waals surface area contributed by atoms with Gasteiger partial charge in [-0.2, -0.15) is 0 Å². The van der Waals surface area contributed by atoms with Crippen LogP contribution in [0, 0.1) is 6.07 Å². The molecule has 0 spiro atoms. The van der Waals surface area contributed by atoms with Gasteiger partial charge < -0.3 is 10.1 Å². The molecule has 1 unspecified atom stereocenters. The van der Waals surface area contributed by atoms with E-state index in [2.05, 4.69) is 208 Å². The van der Waals surface area contributed by atoms with Crippen molar-refractivity contribution >= 4 is 27.3 Å². The Morgan fingerprint density at radius 1 is 0.575 bits per heavy atom. The molecule has 80 heavy (non-hydrogen) atoms. The second-order valence-corrected chi connectivity index (χ2v) is 24.2. The smallest absolute Gasteiger partial charge is 0.316 e. The summed E-state index contributed by atoms with van der Waals surface area (Å²) in [6.45, 7) is 23.5. The van der Waals surface area contributed by atoms with Gasteiger partial charge in [-0.3, -0.25) is 4.79 Å². The molecule has 0 aliphatic heterocycles. The third kappa shape index (κ3) is 13.1. The Bertz CT molecular complexity index is 3570. The average molecular weight is 1240 g/mol. The first kappa shape index (κ1) is 59.2. The van der Waals surface area contributed by atoms with E-state index < -0.39 is 5.41 Å². The second-order valence-electron chi connectivity index (χ2n) is 24.2. The maximum absolute atomic E-state index is 8.40. The molecule has 0 fully saturated rings. The standard InChI is InChI=1S/C68H71N4.C5H8O2.Ir/c1-10-12-14-16-22-45-38-46(23-17-15-13-11-2)40-54(39-45)68(9)60-43-51(32-37-56(60)58-41-49-24-18-19-25-50(49)42-61(58)68)62-57-27-21-20-26-55(57)59(44-69-62)65-71-63(47-28-33-52(34-29-47)66(3,4)5)70-64(72-65)48-30-35-53(36-31-48)67(6,7)8;1-4(6)3-5(2)7;/h18-21,24-31,33-44H,10-17,22-23H2,1-9H3;3,6H,1-2H3;/q-1;;/p+1/b;4-3-;. The quantitative estimate of drug-likeness (QED) is 0.0342. The van der Waals surface area contributed by atoms with Crippen LogP contribution in [0.5, 0.6) is 0 Å². The largest absolute Gasteiger partial charge is 0.512 e. The van der Waals surface area contributed by atoms with Crippen molar-refractivity contribution in [2.45, 2.75) is 157 Å². The van der Waals surface area contributed by atoms with E-state index in [-0.39, 0.29) is 42.5 Å². The van der Waals surface area contributed by atoms with E-state index in [0.29, 0.717) is 17.5 Å². The fraction of sp³-hybridized carbons (Fsp3) is 0.329. The SMILES string of the molecule is CC(=[OH+])/C=C(/C)O.CCCCCCc1cc(CCCCCC)cc(C2(C)c3cc(-c4ncc(-c5nc(-c6ccc(C(C)(C)C)cc6)nc(-c6ccc(C(C)(C)C)cc6)n5)c5ccccc45)[c-]cc3-c3cc4ccccc4cc32)c1.[Ir]. The molecule has 0 saturated carbocycles. The molecule has 2 N–H and O–H groups in total. The zero-order valence-electron chi connectivity index (χ0n) is 49.0. The summed E-state index contributed by atoms with van der Waals surface area (Å²) < 4.78 is 0. The molecule has 7 heteroatoms. The van der Waals surface area contributed by atoms with Crippen LogP contribution in [0.2, 0.25) is 0 Å². The molecule has 6 nitrogen and oxygen atoms in total. The average Bonchev–Trinajstić information content (AvgIpc) is 3.67. The summed E-state index contributed by atoms with van der Waals surface area (Å²) in [5, 5.41) is 13.0. The van der Waals surface area contributed by atoms with Crippen LogP contribution in [-0.2, 0) is 49.2 Å². The predicted molar refractivity (Wildman–Crippen MR) is 333 cm³/mol. The summed E-state index contributed by atoms with van der Waals surface area (Å²) in [4.78, 5) is 29.4. The second kappa shape index (κ2) is 25.3. The van der Waals surface area contributed by atoms with E-state index in [9.17, 15) is 0 Å². The molecular weight excluding hydrogens is 1160 g/mol. The van der Waals surface area contributed by atoms with E-state index in [1.807, 2.05) is 6.20 Å². The van der Waals surface area contributed by atoms with Gasteiger partial charge in [-0.15, -0.1) is 29.3 Å². The first-order valence-corrected chi connectivity index (χ1v) is 28.8. The Labute approximate surface area is 490 Å². The Hall–Kier alpha value is -6.92. The summed E-state index contributed by atoms with van der Waals surface area (Å²) in [5.41, 5.74) is 16.3. The topological polar surface area (TPSA) is 93.2 Å². The van der Waals surface area contributed by atoms with Crippen molar-refractivity contribution in [2.75, 3.05) is 0 Å². The molecule has 0 bridgehead atoms. The van der Waals surface area contributed by atoms with Gasteiger partial charge >= 0.3 is 5.78 Å². The van der Waals surface area contributed by atoms with Gasteiger partial charge in [0.2, 0.25) is 0 Å². The molecular formula is C73H80IrN4O2. The van der Waals surface area contributed by atoms with Gasteiger partial charge in [0.25, 0.3) is 0 Å². The molecule has 7 aromatic carbocycles. The summed E-state index contributed by atoms with van der Waals surface area (Å²) in [5.74, 6) is 2.12. The molecule has 1 atom stereocenters. The van der Waals surface area contributed by atoms with Crippen molar-refractivity contribution in [3.8, 4) is 56.5 Å². The van der Waals surface area contributed by atoms with E-state index in [4.69, 9.17) is 29.8 Å². The summed E-state index contributed by atoms with van der Waals surface area (Å²) >= 11 is 0. The molecule has 2 aromatic heterocycles. The van der Waals surface area contributed by atoms with Gasteiger partial charge in [0.05, 0.1) is 18.8 Å². The van der Waals surface area contributed by atoms with Crippen molar-refractivity contribution in [1.29, 1.82) is 0 Å². The van der Waals surface area contributed by atoms with Crippen LogP contribution < -0.4 is 0 Å². The molecule has 9 aromatic rings. The molecule has 413 valence electrons. The summed E-state index contributed by atoms with van der Waals surface area (Å²) in [6, 6.07) is 55.7. The number of allylic oxidation sites excluding steroid dienone is 2. The number of hydrogen-bond donors (Lipinski definition) is 1. The number of unbranched alkanes of at least 4 members (excludes halogenated alkanes) is 6. The molecule has 2 heterocycles. The number of nitrogens with zero attached hydrogens (tertiary/aromatic N) is 4. The monoisotopic (exact) mass is 1240 g/mol. The van der Waals surface area contributed by atoms with Gasteiger partial charge in [0.1, 0.15) is 0 Å². The van der Waals surface area contributed by atoms with Gasteiger partial charge in [-0.05, 0) is 111 Å². The molecule has 0 saturated heterocycles. The van der Waals surface area contributed by atoms with Crippen molar-refractivity contribution in [1.82, 2.24) is 19.9 Å². The third-order valence-electron chi connectivity index (χ3n) is 15.8. The number of ketones is 1. The van der Waals surface area contributed by atoms with Crippen LogP contribution in [0.1, 0.15) is 166 Å². The van der Waals surface area contributed by atoms with Crippen molar-refractivity contribution in [3.63, 3.8) is 0 Å². The van der Waals surface area contributed by atoms with Crippen LogP contribution in [0.15, 0.2) is 158 Å². The normalized spacial score (nSPS) is 14.1. The van der Waals surface area contributed by atoms with Crippen molar-refractivity contribution < 1.29 is 30.0 Å². The minimum absolute atomic E-state index is 0. The minimum Gasteiger partial charge on any atom is -0.512 e. The third-order valence-corrected chi connectivity index (χ3v) is 15.8. The number of pyridine rings is 1. The Balaban J connectivity index is 0.000000987. The predicted octanol–water partition coefficient (Wildman–Crippen LogP) is 19.2. The number of aliphatic hydroxyl groups is 1. The number of benzene rings is 7. The number of carbonyl (C=O) groups excluding carboxylic acids is 1. The van der Waals surface area contributed by atoms with E-state index in [1.165, 1.54) is 132 Å². The Morgan fingerprint density at radius 2 is 1.07 bits per heavy atom. The number of rotatable bonds is 16. The van der Waals surface area contributed by atoms with Gasteiger partial charge in [0, 0.05) is 48.4 Å². The number of hydrogen-bond acceptors (Lipinski definition) is 5. The zero-order chi connectivity index (χ0) is 56.1. The summed E-state index contributed by atoms with van der Waals surface area (Å²) in [6.07, 6.45) is 15.5. The van der Waals surface area contributed by atoms with Crippen LogP contribution in [0.3, 0.4) is 0 Å². The maximum atomic E-state index is 8.40. The minimum atomic E-state index is -0.403. The van der Waals surface area contributed by atoms with Gasteiger partial charge in [-0.1, -0.05) is 232 Å². The van der Waals surface area contributed by atoms with E-state index in [0.717, 1.165) is 51.6 Å². The van der Waals surface area contributed by atoms with Crippen LogP contribution >= 0.6 is 0 Å². The van der Waals surface area contributed by atoms with Crippen LogP contribution in [0.25, 0.3) is 78.1 Å². The fourth-order valence-electron chi connectivity index (χ4n) is 11.3. The number of fused-ring (bicyclic) bond motifs is 5. The van der Waals surface area contributed by atoms with E-state index >= 15 is 0 Å². The summed E-state index contributed by atoms with van der Waals surface area (Å²) in [7, 11) is 0. The van der Waals surface area contributed by atoms with E-state index in [1.54, 1.807) is 0 Å². The molecule has 1 aliphatic carbocycles. The van der Waals surface area contributed by atoms with Gasteiger partial charge in [-0.25, -0.2) is 15.0 Å². The van der Waals surface area contributed by atoms with Gasteiger partial charge in [0.15, 0.2) is 17.5 Å². The van der Waals surface area contributed by atoms with Crippen molar-refractivity contribution in [2.24, 2.45) is 0 Å². The van der Waals surface area contributed by atoms with Crippen LogP contribution in [-0.4, -0.2) is 35.6 Å². The number of aromatic nitrogens is 4. The van der Waals surface area contributed by atoms with Crippen LogP contribution in [0.4, 0.5) is 0 Å². The maximum Gasteiger partial charge on any atom is 0.316 e. The Morgan fingerprint density at radius 3 is 1.57 bits per heavy atom. The first-order chi connectivity index (χ1) is 37.8. The molecule has 10 rings (SSSR count). The zero-order valence-corrected chi connectivity index (χ0v) is 51.4. The number of aryl methyl sites for hydroxylation is 2. The van der Waals surface area contributed by atoms with Crippen molar-refractivity contribution in [3.05, 3.63) is 203 Å². The first-order valence-electron chi connectivity index (χ1n) is 28.8. The molecule has 1 radical (unpaired) electrons. The molecule has 0 amide bonds. The fourth-order valence-corrected chi connectivity index (χ4v) is 11.3. The molecule has 1 aliphatic rings. The Kier molecular flexibility index (Phi) is 18.7.